The highest BCUT2D eigenvalue weighted by molar-refractivity contribution is 14.1. The van der Waals surface area contributed by atoms with Crippen molar-refractivity contribution in [2.45, 2.75) is 26.4 Å². The van der Waals surface area contributed by atoms with Gasteiger partial charge in [-0.1, -0.05) is 11.3 Å². The second-order valence-corrected chi connectivity index (χ2v) is 7.98. The Morgan fingerprint density at radius 2 is 1.96 bits per heavy atom. The molecule has 0 saturated heterocycles. The molecule has 142 valence electrons. The van der Waals surface area contributed by atoms with Crippen molar-refractivity contribution < 1.29 is 4.79 Å². The largest absolute Gasteiger partial charge is 0.346 e. The summed E-state index contributed by atoms with van der Waals surface area (Å²) in [6.45, 7) is 4.43. The highest BCUT2D eigenvalue weighted by Gasteiger charge is 2.14. The number of rotatable bonds is 5. The van der Waals surface area contributed by atoms with Crippen LogP contribution in [-0.2, 0) is 6.54 Å². The molecule has 0 spiro atoms. The maximum atomic E-state index is 12.7. The normalized spacial score (nSPS) is 11.3. The smallest absolute Gasteiger partial charge is 0.252 e. The van der Waals surface area contributed by atoms with E-state index in [0.717, 1.165) is 20.2 Å². The number of hydrogen-bond acceptors (Lipinski definition) is 4. The fourth-order valence-corrected chi connectivity index (χ4v) is 3.41. The number of aromatic nitrogens is 5. The summed E-state index contributed by atoms with van der Waals surface area (Å²) in [5, 5.41) is 16.5. The van der Waals surface area contributed by atoms with Crippen LogP contribution in [0.4, 0.5) is 0 Å². The predicted octanol–water partition coefficient (Wildman–Crippen LogP) is 3.73. The van der Waals surface area contributed by atoms with E-state index in [1.165, 1.54) is 0 Å². The van der Waals surface area contributed by atoms with E-state index < -0.39 is 0 Å². The van der Waals surface area contributed by atoms with Crippen LogP contribution in [0.3, 0.4) is 0 Å². The first-order chi connectivity index (χ1) is 13.5. The maximum Gasteiger partial charge on any atom is 0.252 e. The zero-order chi connectivity index (χ0) is 19.7. The van der Waals surface area contributed by atoms with E-state index in [1.54, 1.807) is 10.9 Å². The molecule has 0 atom stereocenters. The molecule has 1 N–H and O–H groups in total. The van der Waals surface area contributed by atoms with E-state index in [-0.39, 0.29) is 11.9 Å². The Bertz CT molecular complexity index is 1130. The first-order valence-corrected chi connectivity index (χ1v) is 10.0. The third-order valence-corrected chi connectivity index (χ3v) is 5.16. The van der Waals surface area contributed by atoms with E-state index in [4.69, 9.17) is 0 Å². The van der Waals surface area contributed by atoms with Gasteiger partial charge in [-0.25, -0.2) is 4.68 Å². The lowest BCUT2D eigenvalue weighted by molar-refractivity contribution is 0.0952. The van der Waals surface area contributed by atoms with E-state index in [0.29, 0.717) is 17.8 Å². The van der Waals surface area contributed by atoms with Gasteiger partial charge in [-0.15, -0.1) is 5.10 Å². The quantitative estimate of drug-likeness (QED) is 0.437. The third-order valence-electron chi connectivity index (χ3n) is 4.44. The number of amides is 1. The minimum Gasteiger partial charge on any atom is -0.346 e. The molecule has 2 aromatic heterocycles. The van der Waals surface area contributed by atoms with Gasteiger partial charge in [0.2, 0.25) is 0 Å². The van der Waals surface area contributed by atoms with Gasteiger partial charge in [-0.2, -0.15) is 5.10 Å². The molecule has 1 amide bonds. The van der Waals surface area contributed by atoms with Crippen LogP contribution < -0.4 is 5.32 Å². The van der Waals surface area contributed by atoms with Crippen LogP contribution in [0.5, 0.6) is 0 Å². The van der Waals surface area contributed by atoms with E-state index in [2.05, 4.69) is 57.2 Å². The standard InChI is InChI=1S/C20H19IN6O/c1-13(2)27-19-5-3-4-17(18(19)11-23-27)20(28)22-10-15-12-26(25-24-15)16-8-6-14(21)7-9-16/h3-9,11-13H,10H2,1-2H3,(H,22,28). The second kappa shape index (κ2) is 7.70. The maximum absolute atomic E-state index is 12.7. The number of carbonyl (C=O) groups excluding carboxylic acids is 1. The molecule has 28 heavy (non-hydrogen) atoms. The Hall–Kier alpha value is -2.75. The molecule has 0 fully saturated rings. The van der Waals surface area contributed by atoms with Crippen LogP contribution in [-0.4, -0.2) is 30.7 Å². The van der Waals surface area contributed by atoms with Gasteiger partial charge < -0.3 is 5.32 Å². The Morgan fingerprint density at radius 1 is 1.18 bits per heavy atom. The number of benzene rings is 2. The summed E-state index contributed by atoms with van der Waals surface area (Å²) in [4.78, 5) is 12.7. The fourth-order valence-electron chi connectivity index (χ4n) is 3.05. The van der Waals surface area contributed by atoms with Crippen molar-refractivity contribution in [1.29, 1.82) is 0 Å². The molecule has 0 bridgehead atoms. The van der Waals surface area contributed by atoms with Gasteiger partial charge in [0, 0.05) is 15.0 Å². The van der Waals surface area contributed by atoms with Gasteiger partial charge in [-0.3, -0.25) is 9.48 Å². The highest BCUT2D eigenvalue weighted by atomic mass is 127. The molecule has 0 aliphatic heterocycles. The van der Waals surface area contributed by atoms with Gasteiger partial charge in [0.05, 0.1) is 35.7 Å². The highest BCUT2D eigenvalue weighted by Crippen LogP contribution is 2.21. The third kappa shape index (κ3) is 3.64. The van der Waals surface area contributed by atoms with Crippen molar-refractivity contribution in [1.82, 2.24) is 30.1 Å². The Kier molecular flexibility index (Phi) is 5.12. The molecule has 2 aromatic carbocycles. The molecule has 0 radical (unpaired) electrons. The van der Waals surface area contributed by atoms with Crippen molar-refractivity contribution in [3.05, 3.63) is 69.7 Å². The van der Waals surface area contributed by atoms with Crippen molar-refractivity contribution in [3.8, 4) is 5.69 Å². The summed E-state index contributed by atoms with van der Waals surface area (Å²) in [6, 6.07) is 13.9. The van der Waals surface area contributed by atoms with Crippen LogP contribution in [0.1, 0.15) is 35.9 Å². The number of nitrogens with zero attached hydrogens (tertiary/aromatic N) is 5. The van der Waals surface area contributed by atoms with Gasteiger partial charge in [0.1, 0.15) is 5.69 Å². The average molecular weight is 486 g/mol. The summed E-state index contributed by atoms with van der Waals surface area (Å²) in [5.74, 6) is -0.155. The van der Waals surface area contributed by atoms with Crippen LogP contribution in [0.25, 0.3) is 16.6 Å². The lowest BCUT2D eigenvalue weighted by Crippen LogP contribution is -2.23. The number of fused-ring (bicyclic) bond motifs is 1. The van der Waals surface area contributed by atoms with Gasteiger partial charge >= 0.3 is 0 Å². The van der Waals surface area contributed by atoms with Crippen molar-refractivity contribution in [2.24, 2.45) is 0 Å². The van der Waals surface area contributed by atoms with Crippen molar-refractivity contribution in [3.63, 3.8) is 0 Å². The summed E-state index contributed by atoms with van der Waals surface area (Å²) in [6.07, 6.45) is 3.57. The molecule has 0 aliphatic carbocycles. The first-order valence-electron chi connectivity index (χ1n) is 8.94. The lowest BCUT2D eigenvalue weighted by atomic mass is 10.1. The average Bonchev–Trinajstić information content (AvgIpc) is 3.33. The predicted molar refractivity (Wildman–Crippen MR) is 115 cm³/mol. The summed E-state index contributed by atoms with van der Waals surface area (Å²) >= 11 is 2.26. The topological polar surface area (TPSA) is 77.6 Å². The van der Waals surface area contributed by atoms with Gasteiger partial charge in [0.25, 0.3) is 5.91 Å². The molecule has 0 aliphatic rings. The number of halogens is 1. The van der Waals surface area contributed by atoms with Crippen LogP contribution in [0, 0.1) is 3.57 Å². The van der Waals surface area contributed by atoms with E-state index >= 15 is 0 Å². The molecular formula is C20H19IN6O. The molecule has 0 saturated carbocycles. The second-order valence-electron chi connectivity index (χ2n) is 6.73. The molecule has 8 heteroatoms. The van der Waals surface area contributed by atoms with E-state index in [9.17, 15) is 4.79 Å². The zero-order valence-corrected chi connectivity index (χ0v) is 17.7. The first kappa shape index (κ1) is 18.6. The molecule has 0 unspecified atom stereocenters. The summed E-state index contributed by atoms with van der Waals surface area (Å²) in [5.41, 5.74) is 3.18. The lowest BCUT2D eigenvalue weighted by Gasteiger charge is -2.08. The SMILES string of the molecule is CC(C)n1ncc2c(C(=O)NCc3cn(-c4ccc(I)cc4)nn3)cccc21. The molecule has 2 heterocycles. The zero-order valence-electron chi connectivity index (χ0n) is 15.5. The van der Waals surface area contributed by atoms with Crippen LogP contribution in [0.15, 0.2) is 54.9 Å². The monoisotopic (exact) mass is 486 g/mol. The van der Waals surface area contributed by atoms with Gasteiger partial charge in [-0.05, 0) is 72.8 Å². The van der Waals surface area contributed by atoms with Gasteiger partial charge in [0.15, 0.2) is 0 Å². The molecule has 4 rings (SSSR count). The minimum absolute atomic E-state index is 0.155. The Morgan fingerprint density at radius 3 is 2.71 bits per heavy atom. The number of nitrogens with one attached hydrogen (secondary N) is 1. The number of carbonyl (C=O) groups is 1. The van der Waals surface area contributed by atoms with Crippen molar-refractivity contribution in [2.75, 3.05) is 0 Å². The summed E-state index contributed by atoms with van der Waals surface area (Å²) in [7, 11) is 0. The summed E-state index contributed by atoms with van der Waals surface area (Å²) < 4.78 is 4.77. The Balaban J connectivity index is 1.49. The Labute approximate surface area is 175 Å². The van der Waals surface area contributed by atoms with Crippen LogP contribution >= 0.6 is 22.6 Å². The fraction of sp³-hybridized carbons (Fsp3) is 0.200. The number of hydrogen-bond donors (Lipinski definition) is 1. The molecule has 4 aromatic rings. The minimum atomic E-state index is -0.155. The molecule has 7 nitrogen and oxygen atoms in total. The van der Waals surface area contributed by atoms with Crippen LogP contribution in [0.2, 0.25) is 0 Å². The molecular weight excluding hydrogens is 467 g/mol. The van der Waals surface area contributed by atoms with Crippen molar-refractivity contribution >= 4 is 39.4 Å². The van der Waals surface area contributed by atoms with E-state index in [1.807, 2.05) is 53.3 Å².